The number of ether oxygens (including phenoxy) is 3. The lowest BCUT2D eigenvalue weighted by atomic mass is 10.2. The van der Waals surface area contributed by atoms with Gasteiger partial charge in [0.1, 0.15) is 23.9 Å². The molecule has 0 aromatic heterocycles. The van der Waals surface area contributed by atoms with E-state index in [-0.39, 0.29) is 11.9 Å². The van der Waals surface area contributed by atoms with Crippen molar-refractivity contribution in [2.45, 2.75) is 26.3 Å². The van der Waals surface area contributed by atoms with E-state index in [1.807, 2.05) is 43.3 Å². The Kier molecular flexibility index (Phi) is 7.14. The van der Waals surface area contributed by atoms with Gasteiger partial charge in [0.05, 0.1) is 19.8 Å². The van der Waals surface area contributed by atoms with Gasteiger partial charge in [-0.05, 0) is 61.9 Å². The van der Waals surface area contributed by atoms with Crippen molar-refractivity contribution in [1.29, 1.82) is 0 Å². The molecule has 0 bridgehead atoms. The maximum atomic E-state index is 12.3. The van der Waals surface area contributed by atoms with E-state index in [1.54, 1.807) is 19.2 Å². The number of benzene rings is 2. The van der Waals surface area contributed by atoms with Crippen LogP contribution in [-0.2, 0) is 0 Å². The van der Waals surface area contributed by atoms with Crippen molar-refractivity contribution < 1.29 is 19.0 Å². The second kappa shape index (κ2) is 9.57. The standard InChI is InChI=1S/C20H25NO4/c1-4-13-24-18-7-5-16(6-8-18)20(22)21-15(2)14-25-19-11-9-17(23-3)10-12-19/h5-12,15H,4,13-14H2,1-3H3,(H,21,22)/t15-/m0/s1. The first-order valence-corrected chi connectivity index (χ1v) is 8.43. The fraction of sp³-hybridized carbons (Fsp3) is 0.350. The predicted molar refractivity (Wildman–Crippen MR) is 97.6 cm³/mol. The third-order valence-electron chi connectivity index (χ3n) is 3.53. The van der Waals surface area contributed by atoms with Crippen LogP contribution in [0.1, 0.15) is 30.6 Å². The van der Waals surface area contributed by atoms with Crippen molar-refractivity contribution in [2.75, 3.05) is 20.3 Å². The minimum atomic E-state index is -0.132. The first kappa shape index (κ1) is 18.6. The fourth-order valence-electron chi connectivity index (χ4n) is 2.16. The number of amides is 1. The molecule has 1 amide bonds. The van der Waals surface area contributed by atoms with Gasteiger partial charge in [0.25, 0.3) is 5.91 Å². The molecule has 0 aliphatic heterocycles. The van der Waals surface area contributed by atoms with Crippen molar-refractivity contribution in [1.82, 2.24) is 5.32 Å². The Balaban J connectivity index is 1.80. The molecule has 1 atom stereocenters. The molecule has 0 saturated carbocycles. The lowest BCUT2D eigenvalue weighted by Crippen LogP contribution is -2.36. The highest BCUT2D eigenvalue weighted by molar-refractivity contribution is 5.94. The van der Waals surface area contributed by atoms with Gasteiger partial charge in [-0.2, -0.15) is 0 Å². The largest absolute Gasteiger partial charge is 0.497 e. The zero-order chi connectivity index (χ0) is 18.1. The molecule has 1 N–H and O–H groups in total. The average molecular weight is 343 g/mol. The van der Waals surface area contributed by atoms with E-state index in [9.17, 15) is 4.79 Å². The molecule has 25 heavy (non-hydrogen) atoms. The first-order valence-electron chi connectivity index (χ1n) is 8.43. The molecule has 0 heterocycles. The Morgan fingerprint density at radius 3 is 2.12 bits per heavy atom. The molecule has 2 aromatic carbocycles. The molecule has 0 saturated heterocycles. The summed E-state index contributed by atoms with van der Waals surface area (Å²) in [6, 6.07) is 14.4. The summed E-state index contributed by atoms with van der Waals surface area (Å²) in [5, 5.41) is 2.92. The number of carbonyl (C=O) groups excluding carboxylic acids is 1. The average Bonchev–Trinajstić information content (AvgIpc) is 2.65. The van der Waals surface area contributed by atoms with Gasteiger partial charge in [-0.25, -0.2) is 0 Å². The molecule has 0 radical (unpaired) electrons. The van der Waals surface area contributed by atoms with Crippen LogP contribution in [0.15, 0.2) is 48.5 Å². The smallest absolute Gasteiger partial charge is 0.251 e. The van der Waals surface area contributed by atoms with Crippen molar-refractivity contribution in [3.8, 4) is 17.2 Å². The second-order valence-corrected chi connectivity index (χ2v) is 5.73. The number of rotatable bonds is 9. The van der Waals surface area contributed by atoms with E-state index < -0.39 is 0 Å². The number of hydrogen-bond acceptors (Lipinski definition) is 4. The molecule has 2 aromatic rings. The van der Waals surface area contributed by atoms with Crippen LogP contribution in [0.4, 0.5) is 0 Å². The Hall–Kier alpha value is -2.69. The zero-order valence-electron chi connectivity index (χ0n) is 15.0. The zero-order valence-corrected chi connectivity index (χ0v) is 15.0. The Labute approximate surface area is 148 Å². The van der Waals surface area contributed by atoms with Crippen LogP contribution >= 0.6 is 0 Å². The normalized spacial score (nSPS) is 11.5. The van der Waals surface area contributed by atoms with Crippen molar-refractivity contribution in [2.24, 2.45) is 0 Å². The van der Waals surface area contributed by atoms with E-state index in [1.165, 1.54) is 0 Å². The van der Waals surface area contributed by atoms with Crippen LogP contribution in [0, 0.1) is 0 Å². The van der Waals surface area contributed by atoms with Crippen LogP contribution in [0.2, 0.25) is 0 Å². The van der Waals surface area contributed by atoms with Gasteiger partial charge in [-0.15, -0.1) is 0 Å². The first-order chi connectivity index (χ1) is 12.1. The molecule has 2 rings (SSSR count). The summed E-state index contributed by atoms with van der Waals surface area (Å²) in [4.78, 5) is 12.3. The lowest BCUT2D eigenvalue weighted by Gasteiger charge is -2.15. The van der Waals surface area contributed by atoms with Crippen LogP contribution in [0.3, 0.4) is 0 Å². The van der Waals surface area contributed by atoms with Crippen LogP contribution in [0.5, 0.6) is 17.2 Å². The predicted octanol–water partition coefficient (Wildman–Crippen LogP) is 3.68. The molecule has 5 nitrogen and oxygen atoms in total. The van der Waals surface area contributed by atoms with Gasteiger partial charge >= 0.3 is 0 Å². The summed E-state index contributed by atoms with van der Waals surface area (Å²) in [5.41, 5.74) is 0.597. The highest BCUT2D eigenvalue weighted by Gasteiger charge is 2.10. The molecule has 134 valence electrons. The van der Waals surface area contributed by atoms with Gasteiger partial charge in [-0.1, -0.05) is 6.92 Å². The Morgan fingerprint density at radius 1 is 0.960 bits per heavy atom. The summed E-state index contributed by atoms with van der Waals surface area (Å²) in [7, 11) is 1.62. The van der Waals surface area contributed by atoms with Gasteiger partial charge in [0.2, 0.25) is 0 Å². The van der Waals surface area contributed by atoms with Crippen LogP contribution < -0.4 is 19.5 Å². The van der Waals surface area contributed by atoms with Crippen LogP contribution in [0.25, 0.3) is 0 Å². The third-order valence-corrected chi connectivity index (χ3v) is 3.53. The van der Waals surface area contributed by atoms with Crippen LogP contribution in [-0.4, -0.2) is 32.3 Å². The molecule has 0 spiro atoms. The van der Waals surface area contributed by atoms with Gasteiger partial charge in [0, 0.05) is 5.56 Å². The molecule has 5 heteroatoms. The molecule has 0 aliphatic rings. The van der Waals surface area contributed by atoms with E-state index in [2.05, 4.69) is 12.2 Å². The summed E-state index contributed by atoms with van der Waals surface area (Å²) in [6.07, 6.45) is 0.952. The maximum absolute atomic E-state index is 12.3. The van der Waals surface area contributed by atoms with Gasteiger partial charge in [-0.3, -0.25) is 4.79 Å². The molecule has 0 fully saturated rings. The number of methoxy groups -OCH3 is 1. The SMILES string of the molecule is CCCOc1ccc(C(=O)N[C@@H](C)COc2ccc(OC)cc2)cc1. The summed E-state index contributed by atoms with van der Waals surface area (Å²) < 4.78 is 16.3. The third kappa shape index (κ3) is 6.03. The Bertz CT molecular complexity index is 652. The molecule has 0 unspecified atom stereocenters. The van der Waals surface area contributed by atoms with Crippen molar-refractivity contribution >= 4 is 5.91 Å². The quantitative estimate of drug-likeness (QED) is 0.754. The highest BCUT2D eigenvalue weighted by Crippen LogP contribution is 2.17. The number of hydrogen-bond donors (Lipinski definition) is 1. The minimum Gasteiger partial charge on any atom is -0.497 e. The maximum Gasteiger partial charge on any atom is 0.251 e. The molecular weight excluding hydrogens is 318 g/mol. The Morgan fingerprint density at radius 2 is 1.52 bits per heavy atom. The molecular formula is C20H25NO4. The van der Waals surface area contributed by atoms with Crippen molar-refractivity contribution in [3.63, 3.8) is 0 Å². The summed E-state index contributed by atoms with van der Waals surface area (Å²) in [6.45, 7) is 5.01. The van der Waals surface area contributed by atoms with E-state index in [0.29, 0.717) is 18.8 Å². The van der Waals surface area contributed by atoms with E-state index in [4.69, 9.17) is 14.2 Å². The summed E-state index contributed by atoms with van der Waals surface area (Å²) in [5.74, 6) is 2.15. The minimum absolute atomic E-state index is 0.120. The fourth-order valence-corrected chi connectivity index (χ4v) is 2.16. The van der Waals surface area contributed by atoms with E-state index in [0.717, 1.165) is 23.7 Å². The van der Waals surface area contributed by atoms with E-state index >= 15 is 0 Å². The highest BCUT2D eigenvalue weighted by atomic mass is 16.5. The monoisotopic (exact) mass is 343 g/mol. The van der Waals surface area contributed by atoms with Crippen molar-refractivity contribution in [3.05, 3.63) is 54.1 Å². The number of nitrogens with one attached hydrogen (secondary N) is 1. The second-order valence-electron chi connectivity index (χ2n) is 5.73. The van der Waals surface area contributed by atoms with Gasteiger partial charge in [0.15, 0.2) is 0 Å². The topological polar surface area (TPSA) is 56.8 Å². The molecule has 0 aliphatic carbocycles. The van der Waals surface area contributed by atoms with Gasteiger partial charge < -0.3 is 19.5 Å². The lowest BCUT2D eigenvalue weighted by molar-refractivity contribution is 0.0926. The summed E-state index contributed by atoms with van der Waals surface area (Å²) >= 11 is 0. The number of carbonyl (C=O) groups is 1.